The van der Waals surface area contributed by atoms with Gasteiger partial charge in [0.15, 0.2) is 0 Å². The largest absolute Gasteiger partial charge is 0.309 e. The van der Waals surface area contributed by atoms with Crippen LogP contribution in [0.25, 0.3) is 0 Å². The molecule has 0 amide bonds. The molecule has 1 N–H and O–H groups in total. The second kappa shape index (κ2) is 5.94. The molecule has 0 spiro atoms. The van der Waals surface area contributed by atoms with Gasteiger partial charge in [-0.25, -0.2) is 4.98 Å². The maximum Gasteiger partial charge on any atom is 0.264 e. The molecule has 0 radical (unpaired) electrons. The van der Waals surface area contributed by atoms with Crippen molar-refractivity contribution in [3.8, 4) is 0 Å². The molecule has 0 aliphatic heterocycles. The van der Waals surface area contributed by atoms with Crippen LogP contribution >= 0.6 is 22.6 Å². The number of aromatic amines is 1. The van der Waals surface area contributed by atoms with Gasteiger partial charge in [0.1, 0.15) is 5.82 Å². The van der Waals surface area contributed by atoms with Crippen LogP contribution in [0.4, 0.5) is 0 Å². The molecule has 3 rings (SSSR count). The molecule has 104 valence electrons. The first kappa shape index (κ1) is 13.6. The molecule has 0 aromatic carbocycles. The monoisotopic (exact) mass is 372 g/mol. The normalized spacial score (nSPS) is 21.9. The summed E-state index contributed by atoms with van der Waals surface area (Å²) in [5.41, 5.74) is 1.17. The molecule has 2 fully saturated rings. The molecule has 0 unspecified atom stereocenters. The van der Waals surface area contributed by atoms with Crippen LogP contribution in [-0.4, -0.2) is 9.97 Å². The van der Waals surface area contributed by atoms with Crippen LogP contribution in [0.5, 0.6) is 0 Å². The van der Waals surface area contributed by atoms with Crippen LogP contribution in [0.1, 0.15) is 81.1 Å². The maximum atomic E-state index is 12.2. The quantitative estimate of drug-likeness (QED) is 0.796. The third kappa shape index (κ3) is 2.88. The fourth-order valence-electron chi connectivity index (χ4n) is 3.53. The Morgan fingerprint density at radius 3 is 2.21 bits per heavy atom. The van der Waals surface area contributed by atoms with Gasteiger partial charge in [-0.2, -0.15) is 0 Å². The maximum absolute atomic E-state index is 12.2. The summed E-state index contributed by atoms with van der Waals surface area (Å²) in [6, 6.07) is 0. The van der Waals surface area contributed by atoms with Crippen molar-refractivity contribution in [2.45, 2.75) is 69.6 Å². The lowest BCUT2D eigenvalue weighted by molar-refractivity contribution is 0.425. The molecule has 4 heteroatoms. The molecule has 2 aliphatic carbocycles. The van der Waals surface area contributed by atoms with Crippen LogP contribution in [0.15, 0.2) is 4.79 Å². The molecular weight excluding hydrogens is 351 g/mol. The van der Waals surface area contributed by atoms with E-state index < -0.39 is 0 Å². The first-order chi connectivity index (χ1) is 9.25. The van der Waals surface area contributed by atoms with Gasteiger partial charge in [-0.1, -0.05) is 32.1 Å². The summed E-state index contributed by atoms with van der Waals surface area (Å²) in [4.78, 5) is 20.1. The Labute approximate surface area is 127 Å². The average Bonchev–Trinajstić information content (AvgIpc) is 2.96. The molecule has 0 bridgehead atoms. The van der Waals surface area contributed by atoms with E-state index in [1.807, 2.05) is 0 Å². The van der Waals surface area contributed by atoms with Crippen molar-refractivity contribution in [3.63, 3.8) is 0 Å². The van der Waals surface area contributed by atoms with Gasteiger partial charge in [0, 0.05) is 11.8 Å². The molecule has 2 saturated carbocycles. The highest BCUT2D eigenvalue weighted by molar-refractivity contribution is 14.1. The van der Waals surface area contributed by atoms with Crippen LogP contribution < -0.4 is 5.56 Å². The van der Waals surface area contributed by atoms with Crippen LogP contribution in [-0.2, 0) is 0 Å². The van der Waals surface area contributed by atoms with E-state index in [1.165, 1.54) is 57.8 Å². The first-order valence-corrected chi connectivity index (χ1v) is 8.63. The zero-order valence-corrected chi connectivity index (χ0v) is 13.4. The lowest BCUT2D eigenvalue weighted by Crippen LogP contribution is -2.22. The van der Waals surface area contributed by atoms with Crippen LogP contribution in [0.2, 0.25) is 0 Å². The summed E-state index contributed by atoms with van der Waals surface area (Å²) in [5, 5.41) is 0. The van der Waals surface area contributed by atoms with Crippen molar-refractivity contribution in [2.75, 3.05) is 0 Å². The summed E-state index contributed by atoms with van der Waals surface area (Å²) in [6.45, 7) is 0. The minimum Gasteiger partial charge on any atom is -0.309 e. The SMILES string of the molecule is O=c1[nH]c(C2CCCCC2)nc(C2CCCC2)c1I. The second-order valence-electron chi connectivity index (χ2n) is 5.97. The van der Waals surface area contributed by atoms with Crippen molar-refractivity contribution < 1.29 is 0 Å². The highest BCUT2D eigenvalue weighted by Crippen LogP contribution is 2.36. The Balaban J connectivity index is 1.94. The van der Waals surface area contributed by atoms with E-state index in [0.29, 0.717) is 11.8 Å². The molecule has 0 saturated heterocycles. The molecule has 0 atom stereocenters. The van der Waals surface area contributed by atoms with Gasteiger partial charge in [0.25, 0.3) is 5.56 Å². The molecule has 19 heavy (non-hydrogen) atoms. The van der Waals surface area contributed by atoms with Crippen LogP contribution in [0.3, 0.4) is 0 Å². The minimum atomic E-state index is 0.0815. The molecule has 1 aromatic rings. The fourth-order valence-corrected chi connectivity index (χ4v) is 4.23. The lowest BCUT2D eigenvalue weighted by Gasteiger charge is -2.22. The first-order valence-electron chi connectivity index (χ1n) is 7.55. The van der Waals surface area contributed by atoms with Gasteiger partial charge in [-0.05, 0) is 48.3 Å². The third-order valence-electron chi connectivity index (χ3n) is 4.64. The van der Waals surface area contributed by atoms with Crippen molar-refractivity contribution in [3.05, 3.63) is 25.4 Å². The highest BCUT2D eigenvalue weighted by atomic mass is 127. The van der Waals surface area contributed by atoms with Gasteiger partial charge in [-0.3, -0.25) is 4.79 Å². The van der Waals surface area contributed by atoms with E-state index in [4.69, 9.17) is 4.98 Å². The summed E-state index contributed by atoms with van der Waals surface area (Å²) < 4.78 is 0.823. The number of hydrogen-bond acceptors (Lipinski definition) is 2. The molecule has 1 aromatic heterocycles. The standard InChI is InChI=1S/C15H21IN2O/c16-12-13(10-6-4-5-7-10)17-14(18-15(12)19)11-8-2-1-3-9-11/h10-11H,1-9H2,(H,17,18,19). The third-order valence-corrected chi connectivity index (χ3v) is 5.68. The molecular formula is C15H21IN2O. The number of H-pyrrole nitrogens is 1. The zero-order chi connectivity index (χ0) is 13.2. The molecule has 1 heterocycles. The Bertz CT molecular complexity index is 499. The second-order valence-corrected chi connectivity index (χ2v) is 7.05. The summed E-state index contributed by atoms with van der Waals surface area (Å²) in [5.74, 6) is 1.97. The average molecular weight is 372 g/mol. The Kier molecular flexibility index (Phi) is 4.24. The number of nitrogens with one attached hydrogen (secondary N) is 1. The van der Waals surface area contributed by atoms with E-state index in [1.54, 1.807) is 0 Å². The minimum absolute atomic E-state index is 0.0815. The Morgan fingerprint density at radius 2 is 1.53 bits per heavy atom. The van der Waals surface area contributed by atoms with E-state index in [0.717, 1.165) is 15.1 Å². The Morgan fingerprint density at radius 1 is 0.947 bits per heavy atom. The predicted octanol–water partition coefficient (Wildman–Crippen LogP) is 4.08. The number of hydrogen-bond donors (Lipinski definition) is 1. The van der Waals surface area contributed by atoms with Gasteiger partial charge in [-0.15, -0.1) is 0 Å². The number of halogens is 1. The number of nitrogens with zero attached hydrogens (tertiary/aromatic N) is 1. The van der Waals surface area contributed by atoms with Crippen molar-refractivity contribution in [1.29, 1.82) is 0 Å². The summed E-state index contributed by atoms with van der Waals surface area (Å²) in [6.07, 6.45) is 11.2. The van der Waals surface area contributed by atoms with Gasteiger partial charge in [0.2, 0.25) is 0 Å². The van der Waals surface area contributed by atoms with Crippen molar-refractivity contribution >= 4 is 22.6 Å². The van der Waals surface area contributed by atoms with E-state index >= 15 is 0 Å². The smallest absolute Gasteiger partial charge is 0.264 e. The van der Waals surface area contributed by atoms with E-state index in [2.05, 4.69) is 27.6 Å². The zero-order valence-electron chi connectivity index (χ0n) is 11.3. The van der Waals surface area contributed by atoms with Crippen molar-refractivity contribution in [2.24, 2.45) is 0 Å². The summed E-state index contributed by atoms with van der Waals surface area (Å²) >= 11 is 2.18. The van der Waals surface area contributed by atoms with E-state index in [9.17, 15) is 4.79 Å². The Hall–Kier alpha value is -0.390. The topological polar surface area (TPSA) is 45.8 Å². The molecule has 2 aliphatic rings. The van der Waals surface area contributed by atoms with Crippen molar-refractivity contribution in [1.82, 2.24) is 9.97 Å². The number of aromatic nitrogens is 2. The fraction of sp³-hybridized carbons (Fsp3) is 0.733. The van der Waals surface area contributed by atoms with E-state index in [-0.39, 0.29) is 5.56 Å². The lowest BCUT2D eigenvalue weighted by atomic mass is 9.88. The van der Waals surface area contributed by atoms with Gasteiger partial charge >= 0.3 is 0 Å². The highest BCUT2D eigenvalue weighted by Gasteiger charge is 2.25. The van der Waals surface area contributed by atoms with Crippen LogP contribution in [0, 0.1) is 3.57 Å². The van der Waals surface area contributed by atoms with Gasteiger partial charge in [0.05, 0.1) is 9.26 Å². The van der Waals surface area contributed by atoms with Gasteiger partial charge < -0.3 is 4.98 Å². The predicted molar refractivity (Wildman–Crippen MR) is 84.6 cm³/mol. The number of rotatable bonds is 2. The molecule has 3 nitrogen and oxygen atoms in total. The summed E-state index contributed by atoms with van der Waals surface area (Å²) in [7, 11) is 0.